The van der Waals surface area contributed by atoms with Gasteiger partial charge in [0.05, 0.1) is 16.7 Å². The monoisotopic (exact) mass is 744 g/mol. The Labute approximate surface area is 339 Å². The second-order valence-corrected chi connectivity index (χ2v) is 19.4. The Morgan fingerprint density at radius 2 is 1.00 bits per heavy atom. The zero-order valence-electron chi connectivity index (χ0n) is 35.9. The third-order valence-corrected chi connectivity index (χ3v) is 13.1. The number of fused-ring (bicyclic) bond motifs is 8. The molecule has 0 bridgehead atoms. The first-order valence-corrected chi connectivity index (χ1v) is 20.7. The van der Waals surface area contributed by atoms with Gasteiger partial charge in [-0.2, -0.15) is 0 Å². The lowest BCUT2D eigenvalue weighted by atomic mass is 9.81. The Morgan fingerprint density at radius 1 is 0.474 bits per heavy atom. The second-order valence-electron chi connectivity index (χ2n) is 19.4. The quantitative estimate of drug-likeness (QED) is 0.174. The van der Waals surface area contributed by atoms with E-state index in [4.69, 9.17) is 0 Å². The maximum Gasteiger partial charge on any atom is 0.0543 e. The Bertz CT molecular complexity index is 2810. The summed E-state index contributed by atoms with van der Waals surface area (Å²) in [5.74, 6) is 0. The number of rotatable bonds is 4. The van der Waals surface area contributed by atoms with Gasteiger partial charge in [-0.25, -0.2) is 0 Å². The largest absolute Gasteiger partial charge is 0.310 e. The minimum Gasteiger partial charge on any atom is -0.310 e. The summed E-state index contributed by atoms with van der Waals surface area (Å²) in [5.41, 5.74) is 20.5. The van der Waals surface area contributed by atoms with Gasteiger partial charge in [-0.05, 0) is 166 Å². The summed E-state index contributed by atoms with van der Waals surface area (Å²) >= 11 is 0. The van der Waals surface area contributed by atoms with Crippen LogP contribution in [0.2, 0.25) is 0 Å². The Balaban J connectivity index is 1.28. The molecule has 0 N–H and O–H groups in total. The van der Waals surface area contributed by atoms with Crippen LogP contribution in [0.15, 0.2) is 121 Å². The second kappa shape index (κ2) is 12.7. The first-order chi connectivity index (χ1) is 26.9. The van der Waals surface area contributed by atoms with Crippen LogP contribution in [0.1, 0.15) is 99.9 Å². The summed E-state index contributed by atoms with van der Waals surface area (Å²) in [6.45, 7) is 27.6. The standard InChI is InChI=1S/C55H56N2/c1-33-17-21-39(27-35(33)3)56(40-22-18-34(2)36(4)28-40)51-32-48-52(43-16-14-13-15-42(43)51)44-24-23-41(31-47(44)55(48,11)12)57-49-25-19-37(53(5,6)7)29-45(49)46-30-38(54(8,9)10)20-26-50(46)57/h13-32H,1-12H3. The maximum atomic E-state index is 2.51. The predicted octanol–water partition coefficient (Wildman–Crippen LogP) is 15.5. The highest BCUT2D eigenvalue weighted by Gasteiger charge is 2.38. The molecule has 1 heterocycles. The fourth-order valence-electron chi connectivity index (χ4n) is 9.27. The number of benzene rings is 7. The van der Waals surface area contributed by atoms with Crippen molar-refractivity contribution in [3.63, 3.8) is 0 Å². The van der Waals surface area contributed by atoms with Crippen molar-refractivity contribution in [2.45, 2.75) is 99.3 Å². The van der Waals surface area contributed by atoms with Gasteiger partial charge in [-0.1, -0.05) is 110 Å². The first kappa shape index (κ1) is 37.0. The third kappa shape index (κ3) is 5.82. The molecule has 0 aliphatic heterocycles. The summed E-state index contributed by atoms with van der Waals surface area (Å²) in [5, 5.41) is 5.19. The molecular formula is C55H56N2. The van der Waals surface area contributed by atoms with E-state index in [2.05, 4.69) is 214 Å². The first-order valence-electron chi connectivity index (χ1n) is 20.7. The molecule has 0 unspecified atom stereocenters. The Kier molecular flexibility index (Phi) is 8.25. The van der Waals surface area contributed by atoms with E-state index in [-0.39, 0.29) is 16.2 Å². The van der Waals surface area contributed by atoms with Gasteiger partial charge >= 0.3 is 0 Å². The number of hydrogen-bond donors (Lipinski definition) is 0. The van der Waals surface area contributed by atoms with Gasteiger partial charge in [-0.15, -0.1) is 0 Å². The molecule has 0 saturated carbocycles. The molecular weight excluding hydrogens is 689 g/mol. The van der Waals surface area contributed by atoms with Crippen LogP contribution in [0.3, 0.4) is 0 Å². The molecule has 286 valence electrons. The fourth-order valence-corrected chi connectivity index (χ4v) is 9.27. The van der Waals surface area contributed by atoms with Gasteiger partial charge in [-0.3, -0.25) is 0 Å². The van der Waals surface area contributed by atoms with E-state index < -0.39 is 0 Å². The molecule has 8 aromatic rings. The fraction of sp³-hybridized carbons (Fsp3) is 0.273. The van der Waals surface area contributed by atoms with Gasteiger partial charge in [0.25, 0.3) is 0 Å². The zero-order chi connectivity index (χ0) is 40.3. The number of nitrogens with zero attached hydrogens (tertiary/aromatic N) is 2. The summed E-state index contributed by atoms with van der Waals surface area (Å²) < 4.78 is 2.51. The molecule has 0 atom stereocenters. The Morgan fingerprint density at radius 3 is 1.51 bits per heavy atom. The van der Waals surface area contributed by atoms with Crippen LogP contribution >= 0.6 is 0 Å². The number of hydrogen-bond acceptors (Lipinski definition) is 1. The van der Waals surface area contributed by atoms with E-state index in [1.165, 1.54) is 111 Å². The van der Waals surface area contributed by atoms with Crippen LogP contribution < -0.4 is 4.90 Å². The van der Waals surface area contributed by atoms with Crippen molar-refractivity contribution in [2.24, 2.45) is 0 Å². The van der Waals surface area contributed by atoms with Crippen LogP contribution in [-0.2, 0) is 16.2 Å². The molecule has 1 aromatic heterocycles. The highest BCUT2D eigenvalue weighted by Crippen LogP contribution is 2.55. The average Bonchev–Trinajstić information content (AvgIpc) is 3.61. The molecule has 0 radical (unpaired) electrons. The van der Waals surface area contributed by atoms with Gasteiger partial charge in [0.15, 0.2) is 0 Å². The normalized spacial score (nSPS) is 13.8. The van der Waals surface area contributed by atoms with E-state index in [0.29, 0.717) is 0 Å². The van der Waals surface area contributed by atoms with Crippen molar-refractivity contribution in [1.29, 1.82) is 0 Å². The highest BCUT2D eigenvalue weighted by atomic mass is 15.1. The topological polar surface area (TPSA) is 8.17 Å². The van der Waals surface area contributed by atoms with E-state index in [1.807, 2.05) is 0 Å². The van der Waals surface area contributed by atoms with Crippen LogP contribution in [0.5, 0.6) is 0 Å². The smallest absolute Gasteiger partial charge is 0.0543 e. The SMILES string of the molecule is Cc1ccc(N(c2ccc(C)c(C)c2)c2cc3c(c4ccccc24)-c2ccc(-n4c5ccc(C(C)(C)C)cc5c5cc(C(C)(C)C)ccc54)cc2C3(C)C)cc1C. The Hall–Kier alpha value is -5.60. The van der Waals surface area contributed by atoms with Gasteiger partial charge < -0.3 is 9.47 Å². The summed E-state index contributed by atoms with van der Waals surface area (Å²) in [7, 11) is 0. The number of anilines is 3. The van der Waals surface area contributed by atoms with Gasteiger partial charge in [0.2, 0.25) is 0 Å². The third-order valence-electron chi connectivity index (χ3n) is 13.1. The summed E-state index contributed by atoms with van der Waals surface area (Å²) in [6, 6.07) is 46.9. The molecule has 0 spiro atoms. The molecule has 1 aliphatic carbocycles. The molecule has 0 fully saturated rings. The zero-order valence-corrected chi connectivity index (χ0v) is 35.9. The van der Waals surface area contributed by atoms with Crippen LogP contribution in [0.25, 0.3) is 49.4 Å². The maximum absolute atomic E-state index is 2.51. The molecule has 9 rings (SSSR count). The van der Waals surface area contributed by atoms with E-state index in [1.54, 1.807) is 0 Å². The van der Waals surface area contributed by atoms with E-state index in [0.717, 1.165) is 0 Å². The number of aryl methyl sites for hydroxylation is 4. The lowest BCUT2D eigenvalue weighted by Gasteiger charge is -2.30. The lowest BCUT2D eigenvalue weighted by Crippen LogP contribution is -2.17. The van der Waals surface area contributed by atoms with Crippen molar-refractivity contribution in [1.82, 2.24) is 4.57 Å². The van der Waals surface area contributed by atoms with Crippen molar-refractivity contribution in [3.05, 3.63) is 166 Å². The van der Waals surface area contributed by atoms with Gasteiger partial charge in [0, 0.05) is 38.6 Å². The van der Waals surface area contributed by atoms with Crippen molar-refractivity contribution in [2.75, 3.05) is 4.90 Å². The van der Waals surface area contributed by atoms with Crippen LogP contribution in [0, 0.1) is 27.7 Å². The number of aromatic nitrogens is 1. The molecule has 57 heavy (non-hydrogen) atoms. The predicted molar refractivity (Wildman–Crippen MR) is 247 cm³/mol. The van der Waals surface area contributed by atoms with Crippen molar-refractivity contribution >= 4 is 49.6 Å². The summed E-state index contributed by atoms with van der Waals surface area (Å²) in [6.07, 6.45) is 0. The molecule has 0 amide bonds. The summed E-state index contributed by atoms with van der Waals surface area (Å²) in [4.78, 5) is 2.49. The molecule has 1 aliphatic rings. The lowest BCUT2D eigenvalue weighted by molar-refractivity contribution is 0.590. The van der Waals surface area contributed by atoms with Crippen molar-refractivity contribution in [3.8, 4) is 16.8 Å². The van der Waals surface area contributed by atoms with Crippen molar-refractivity contribution < 1.29 is 0 Å². The van der Waals surface area contributed by atoms with E-state index in [9.17, 15) is 0 Å². The highest BCUT2D eigenvalue weighted by molar-refractivity contribution is 6.12. The van der Waals surface area contributed by atoms with Crippen LogP contribution in [0.4, 0.5) is 17.1 Å². The average molecular weight is 745 g/mol. The van der Waals surface area contributed by atoms with Crippen LogP contribution in [-0.4, -0.2) is 4.57 Å². The minimum absolute atomic E-state index is 0.0569. The molecule has 2 heteroatoms. The molecule has 0 saturated heterocycles. The van der Waals surface area contributed by atoms with Gasteiger partial charge in [0.1, 0.15) is 0 Å². The molecule has 2 nitrogen and oxygen atoms in total. The minimum atomic E-state index is -0.241. The van der Waals surface area contributed by atoms with E-state index >= 15 is 0 Å². The molecule has 7 aromatic carbocycles.